The van der Waals surface area contributed by atoms with Gasteiger partial charge in [0.2, 0.25) is 20.9 Å². The largest absolute Gasteiger partial charge is 0.325 e. The van der Waals surface area contributed by atoms with E-state index in [1.54, 1.807) is 60.8 Å². The number of amides is 1. The van der Waals surface area contributed by atoms with E-state index in [1.165, 1.54) is 4.57 Å². The Kier molecular flexibility index (Phi) is 5.88. The molecule has 0 atom stereocenters. The monoisotopic (exact) mass is 451 g/mol. The quantitative estimate of drug-likeness (QED) is 0.464. The van der Waals surface area contributed by atoms with Crippen molar-refractivity contribution in [1.82, 2.24) is 9.55 Å². The second-order valence-corrected chi connectivity index (χ2v) is 9.11. The lowest BCUT2D eigenvalue weighted by molar-refractivity contribution is -0.113. The summed E-state index contributed by atoms with van der Waals surface area (Å²) in [5.41, 5.74) is 2.34. The lowest BCUT2D eigenvalue weighted by Crippen LogP contribution is -2.24. The topological polar surface area (TPSA) is 81.1 Å². The number of imidazole rings is 1. The summed E-state index contributed by atoms with van der Waals surface area (Å²) >= 11 is 5.98. The maximum absolute atomic E-state index is 13.2. The Morgan fingerprint density at radius 1 is 0.903 bits per heavy atom. The van der Waals surface area contributed by atoms with E-state index in [2.05, 4.69) is 10.3 Å². The van der Waals surface area contributed by atoms with Crippen LogP contribution in [0.4, 0.5) is 5.69 Å². The van der Waals surface area contributed by atoms with Gasteiger partial charge in [0.05, 0.1) is 5.69 Å². The standard InChI is InChI=1S/C23H18ClN3O3S/c24-18-11-13-20(14-12-18)27-15-21(17-7-3-1-4-8-17)26-23(27)31(29,30)16-22(28)25-19-9-5-2-6-10-19/h1-15H,16H2,(H,25,28). The van der Waals surface area contributed by atoms with E-state index >= 15 is 0 Å². The molecule has 1 heterocycles. The SMILES string of the molecule is O=C(CS(=O)(=O)c1nc(-c2ccccc2)cn1-c1ccc(Cl)cc1)Nc1ccccc1. The third-order valence-electron chi connectivity index (χ3n) is 4.50. The molecule has 3 aromatic carbocycles. The van der Waals surface area contributed by atoms with Gasteiger partial charge in [-0.1, -0.05) is 60.1 Å². The number of carbonyl (C=O) groups is 1. The number of para-hydroxylation sites is 1. The highest BCUT2D eigenvalue weighted by atomic mass is 35.5. The summed E-state index contributed by atoms with van der Waals surface area (Å²) in [6.07, 6.45) is 1.64. The van der Waals surface area contributed by atoms with Gasteiger partial charge in [-0.05, 0) is 36.4 Å². The highest BCUT2D eigenvalue weighted by Gasteiger charge is 2.27. The number of nitrogens with one attached hydrogen (secondary N) is 1. The number of aromatic nitrogens is 2. The summed E-state index contributed by atoms with van der Waals surface area (Å²) in [5, 5.41) is 2.92. The first-order valence-electron chi connectivity index (χ1n) is 9.41. The number of rotatable bonds is 6. The summed E-state index contributed by atoms with van der Waals surface area (Å²) in [5.74, 6) is -1.38. The molecule has 156 valence electrons. The van der Waals surface area contributed by atoms with Gasteiger partial charge in [0, 0.05) is 28.2 Å². The molecule has 0 aliphatic rings. The number of hydrogen-bond donors (Lipinski definition) is 1. The van der Waals surface area contributed by atoms with Crippen LogP contribution in [-0.2, 0) is 14.6 Å². The Morgan fingerprint density at radius 2 is 1.52 bits per heavy atom. The average Bonchev–Trinajstić information content (AvgIpc) is 3.22. The number of benzene rings is 3. The van der Waals surface area contributed by atoms with E-state index in [0.717, 1.165) is 5.56 Å². The van der Waals surface area contributed by atoms with Crippen molar-refractivity contribution < 1.29 is 13.2 Å². The lowest BCUT2D eigenvalue weighted by atomic mass is 10.2. The van der Waals surface area contributed by atoms with Crippen LogP contribution in [0.5, 0.6) is 0 Å². The van der Waals surface area contributed by atoms with Crippen LogP contribution in [0, 0.1) is 0 Å². The first-order valence-corrected chi connectivity index (χ1v) is 11.4. The van der Waals surface area contributed by atoms with Gasteiger partial charge < -0.3 is 5.32 Å². The van der Waals surface area contributed by atoms with E-state index < -0.39 is 21.5 Å². The van der Waals surface area contributed by atoms with Crippen molar-refractivity contribution in [1.29, 1.82) is 0 Å². The average molecular weight is 452 g/mol. The van der Waals surface area contributed by atoms with E-state index in [1.807, 2.05) is 30.3 Å². The normalized spacial score (nSPS) is 11.3. The van der Waals surface area contributed by atoms with Gasteiger partial charge in [-0.3, -0.25) is 9.36 Å². The van der Waals surface area contributed by atoms with Crippen LogP contribution >= 0.6 is 11.6 Å². The fraction of sp³-hybridized carbons (Fsp3) is 0.0435. The molecular formula is C23H18ClN3O3S. The molecule has 0 bridgehead atoms. The molecule has 1 aromatic heterocycles. The first-order chi connectivity index (χ1) is 14.9. The third kappa shape index (κ3) is 4.84. The molecule has 0 spiro atoms. The van der Waals surface area contributed by atoms with Crippen molar-refractivity contribution in [2.75, 3.05) is 11.1 Å². The number of sulfone groups is 1. The molecule has 0 aliphatic carbocycles. The minimum Gasteiger partial charge on any atom is -0.325 e. The molecule has 4 rings (SSSR count). The summed E-state index contributed by atoms with van der Waals surface area (Å²) < 4.78 is 27.8. The van der Waals surface area contributed by atoms with Crippen LogP contribution in [-0.4, -0.2) is 29.6 Å². The minimum absolute atomic E-state index is 0.211. The van der Waals surface area contributed by atoms with Gasteiger partial charge in [-0.2, -0.15) is 0 Å². The van der Waals surface area contributed by atoms with Gasteiger partial charge in [-0.25, -0.2) is 13.4 Å². The highest BCUT2D eigenvalue weighted by Crippen LogP contribution is 2.25. The Hall–Kier alpha value is -3.42. The van der Waals surface area contributed by atoms with E-state index in [4.69, 9.17) is 11.6 Å². The van der Waals surface area contributed by atoms with Gasteiger partial charge in [0.25, 0.3) is 0 Å². The predicted octanol–water partition coefficient (Wildman–Crippen LogP) is 4.61. The van der Waals surface area contributed by atoms with Crippen LogP contribution in [0.25, 0.3) is 16.9 Å². The van der Waals surface area contributed by atoms with Gasteiger partial charge in [0.1, 0.15) is 5.75 Å². The molecule has 0 saturated heterocycles. The molecule has 0 radical (unpaired) electrons. The summed E-state index contributed by atoms with van der Waals surface area (Å²) in [6.45, 7) is 0. The van der Waals surface area contributed by atoms with Crippen molar-refractivity contribution in [3.63, 3.8) is 0 Å². The number of halogens is 1. The Labute approximate surface area is 185 Å². The van der Waals surface area contributed by atoms with Crippen LogP contribution in [0.2, 0.25) is 5.02 Å². The van der Waals surface area contributed by atoms with Crippen molar-refractivity contribution in [2.45, 2.75) is 5.16 Å². The number of anilines is 1. The Bertz CT molecular complexity index is 1300. The molecule has 8 heteroatoms. The lowest BCUT2D eigenvalue weighted by Gasteiger charge is -2.09. The molecule has 0 unspecified atom stereocenters. The predicted molar refractivity (Wildman–Crippen MR) is 121 cm³/mol. The number of carbonyl (C=O) groups excluding carboxylic acids is 1. The van der Waals surface area contributed by atoms with Crippen LogP contribution in [0.1, 0.15) is 0 Å². The van der Waals surface area contributed by atoms with Gasteiger partial charge in [-0.15, -0.1) is 0 Å². The van der Waals surface area contributed by atoms with E-state index in [-0.39, 0.29) is 5.16 Å². The molecule has 4 aromatic rings. The third-order valence-corrected chi connectivity index (χ3v) is 6.24. The zero-order valence-corrected chi connectivity index (χ0v) is 17.8. The fourth-order valence-electron chi connectivity index (χ4n) is 3.07. The van der Waals surface area contributed by atoms with Gasteiger partial charge >= 0.3 is 0 Å². The minimum atomic E-state index is -4.05. The molecule has 1 amide bonds. The number of nitrogens with zero attached hydrogens (tertiary/aromatic N) is 2. The van der Waals surface area contributed by atoms with Crippen molar-refractivity contribution >= 4 is 33.0 Å². The molecule has 0 fully saturated rings. The molecule has 1 N–H and O–H groups in total. The maximum Gasteiger partial charge on any atom is 0.240 e. The molecule has 31 heavy (non-hydrogen) atoms. The molecule has 0 aliphatic heterocycles. The number of hydrogen-bond acceptors (Lipinski definition) is 4. The molecule has 6 nitrogen and oxygen atoms in total. The maximum atomic E-state index is 13.2. The van der Waals surface area contributed by atoms with Crippen molar-refractivity contribution in [3.05, 3.63) is 96.1 Å². The van der Waals surface area contributed by atoms with Crippen LogP contribution in [0.15, 0.2) is 96.3 Å². The van der Waals surface area contributed by atoms with Crippen molar-refractivity contribution in [2.24, 2.45) is 0 Å². The Balaban J connectivity index is 1.72. The smallest absolute Gasteiger partial charge is 0.240 e. The zero-order chi connectivity index (χ0) is 21.8. The second kappa shape index (κ2) is 8.75. The van der Waals surface area contributed by atoms with Crippen LogP contribution < -0.4 is 5.32 Å². The van der Waals surface area contributed by atoms with Crippen LogP contribution in [0.3, 0.4) is 0 Å². The van der Waals surface area contributed by atoms with Gasteiger partial charge in [0.15, 0.2) is 0 Å². The van der Waals surface area contributed by atoms with E-state index in [9.17, 15) is 13.2 Å². The summed E-state index contributed by atoms with van der Waals surface area (Å²) in [7, 11) is -4.05. The highest BCUT2D eigenvalue weighted by molar-refractivity contribution is 7.92. The first kappa shape index (κ1) is 20.8. The molecular weight excluding hydrogens is 434 g/mol. The second-order valence-electron chi connectivity index (χ2n) is 6.79. The zero-order valence-electron chi connectivity index (χ0n) is 16.3. The Morgan fingerprint density at radius 3 is 2.16 bits per heavy atom. The summed E-state index contributed by atoms with van der Waals surface area (Å²) in [6, 6.07) is 24.6. The van der Waals surface area contributed by atoms with E-state index in [0.29, 0.717) is 22.1 Å². The fourth-order valence-corrected chi connectivity index (χ4v) is 4.44. The summed E-state index contributed by atoms with van der Waals surface area (Å²) in [4.78, 5) is 16.8. The van der Waals surface area contributed by atoms with Crippen molar-refractivity contribution in [3.8, 4) is 16.9 Å². The molecule has 0 saturated carbocycles.